The average Bonchev–Trinajstić information content (AvgIpc) is 2.96. The molecule has 1 aliphatic rings. The summed E-state index contributed by atoms with van der Waals surface area (Å²) in [5.74, 6) is 1.72. The molecule has 0 radical (unpaired) electrons. The maximum Gasteiger partial charge on any atom is 0.217 e. The minimum absolute atomic E-state index is 0.00275. The number of ether oxygens (including phenoxy) is 2. The lowest BCUT2D eigenvalue weighted by atomic mass is 9.94. The first-order chi connectivity index (χ1) is 13.1. The fourth-order valence-electron chi connectivity index (χ4n) is 3.42. The molecule has 0 aliphatic carbocycles. The summed E-state index contributed by atoms with van der Waals surface area (Å²) in [6.07, 6.45) is 2.92. The minimum Gasteiger partial charge on any atom is -0.497 e. The molecule has 1 atom stereocenters. The number of rotatable bonds is 7. The van der Waals surface area contributed by atoms with Crippen molar-refractivity contribution in [1.29, 1.82) is 0 Å². The maximum absolute atomic E-state index is 12.8. The van der Waals surface area contributed by atoms with Crippen LogP contribution < -0.4 is 9.47 Å². The minimum atomic E-state index is -3.35. The number of methoxy groups -OCH3 is 1. The summed E-state index contributed by atoms with van der Waals surface area (Å²) in [5, 5.41) is 0. The van der Waals surface area contributed by atoms with Crippen molar-refractivity contribution in [2.75, 3.05) is 32.6 Å². The van der Waals surface area contributed by atoms with Gasteiger partial charge in [0.15, 0.2) is 0 Å². The highest BCUT2D eigenvalue weighted by molar-refractivity contribution is 7.89. The zero-order valence-corrected chi connectivity index (χ0v) is 16.5. The predicted octanol–water partition coefficient (Wildman–Crippen LogP) is 3.67. The van der Waals surface area contributed by atoms with Gasteiger partial charge in [0.1, 0.15) is 18.1 Å². The zero-order chi connectivity index (χ0) is 19.1. The summed E-state index contributed by atoms with van der Waals surface area (Å²) in [6, 6.07) is 17.3. The van der Waals surface area contributed by atoms with Gasteiger partial charge in [-0.3, -0.25) is 0 Å². The fraction of sp³-hybridized carbons (Fsp3) is 0.429. The molecule has 6 heteroatoms. The van der Waals surface area contributed by atoms with Gasteiger partial charge in [-0.25, -0.2) is 12.7 Å². The summed E-state index contributed by atoms with van der Waals surface area (Å²) in [7, 11) is -1.70. The smallest absolute Gasteiger partial charge is 0.217 e. The first kappa shape index (κ1) is 19.7. The van der Waals surface area contributed by atoms with Crippen LogP contribution in [0.4, 0.5) is 0 Å². The van der Waals surface area contributed by atoms with Gasteiger partial charge in [0.05, 0.1) is 12.9 Å². The second kappa shape index (κ2) is 9.24. The SMILES string of the molecule is COc1ccc(C2CCCCN(S(=O)(=O)CCOc3ccccc3)C2)cc1. The summed E-state index contributed by atoms with van der Waals surface area (Å²) < 4.78 is 38.1. The van der Waals surface area contributed by atoms with E-state index in [1.165, 1.54) is 5.56 Å². The number of sulfonamides is 1. The highest BCUT2D eigenvalue weighted by Gasteiger charge is 2.28. The second-order valence-electron chi connectivity index (χ2n) is 6.80. The first-order valence-electron chi connectivity index (χ1n) is 9.38. The van der Waals surface area contributed by atoms with E-state index in [4.69, 9.17) is 9.47 Å². The molecule has 3 rings (SSSR count). The van der Waals surface area contributed by atoms with Crippen LogP contribution in [-0.2, 0) is 10.0 Å². The third-order valence-electron chi connectivity index (χ3n) is 4.97. The Hall–Kier alpha value is -2.05. The van der Waals surface area contributed by atoms with E-state index in [-0.39, 0.29) is 18.3 Å². The maximum atomic E-state index is 12.8. The molecule has 1 fully saturated rings. The normalized spacial score (nSPS) is 18.6. The standard InChI is InChI=1S/C21H27NO4S/c1-25-20-12-10-18(11-13-20)19-7-5-6-14-22(17-19)27(23,24)16-15-26-21-8-3-2-4-9-21/h2-4,8-13,19H,5-7,14-17H2,1H3. The average molecular weight is 390 g/mol. The Morgan fingerprint density at radius 1 is 1.00 bits per heavy atom. The summed E-state index contributed by atoms with van der Waals surface area (Å²) in [5.41, 5.74) is 1.17. The zero-order valence-electron chi connectivity index (χ0n) is 15.7. The molecule has 146 valence electrons. The molecule has 0 aromatic heterocycles. The molecule has 0 amide bonds. The Balaban J connectivity index is 1.62. The number of benzene rings is 2. The van der Waals surface area contributed by atoms with E-state index in [1.54, 1.807) is 11.4 Å². The van der Waals surface area contributed by atoms with Crippen LogP contribution >= 0.6 is 0 Å². The Morgan fingerprint density at radius 3 is 2.44 bits per heavy atom. The van der Waals surface area contributed by atoms with E-state index in [2.05, 4.69) is 0 Å². The number of hydrogen-bond donors (Lipinski definition) is 0. The number of hydrogen-bond acceptors (Lipinski definition) is 4. The first-order valence-corrected chi connectivity index (χ1v) is 11.0. The van der Waals surface area contributed by atoms with Gasteiger partial charge in [0.2, 0.25) is 10.0 Å². The van der Waals surface area contributed by atoms with Crippen molar-refractivity contribution in [1.82, 2.24) is 4.31 Å². The Morgan fingerprint density at radius 2 is 1.74 bits per heavy atom. The van der Waals surface area contributed by atoms with Crippen molar-refractivity contribution in [3.05, 3.63) is 60.2 Å². The molecule has 0 saturated carbocycles. The monoisotopic (exact) mass is 389 g/mol. The van der Waals surface area contributed by atoms with Gasteiger partial charge >= 0.3 is 0 Å². The molecule has 1 heterocycles. The van der Waals surface area contributed by atoms with Gasteiger partial charge in [-0.2, -0.15) is 0 Å². The molecule has 0 spiro atoms. The van der Waals surface area contributed by atoms with Gasteiger partial charge in [0.25, 0.3) is 0 Å². The van der Waals surface area contributed by atoms with Gasteiger partial charge in [-0.1, -0.05) is 36.8 Å². The predicted molar refractivity (Wildman–Crippen MR) is 107 cm³/mol. The van der Waals surface area contributed by atoms with Crippen LogP contribution in [0, 0.1) is 0 Å². The van der Waals surface area contributed by atoms with Crippen LogP contribution in [0.15, 0.2) is 54.6 Å². The highest BCUT2D eigenvalue weighted by Crippen LogP contribution is 2.29. The van der Waals surface area contributed by atoms with E-state index in [9.17, 15) is 8.42 Å². The van der Waals surface area contributed by atoms with Gasteiger partial charge in [-0.05, 0) is 48.6 Å². The van der Waals surface area contributed by atoms with Crippen molar-refractivity contribution in [2.45, 2.75) is 25.2 Å². The molecule has 2 aromatic carbocycles. The third kappa shape index (κ3) is 5.47. The van der Waals surface area contributed by atoms with Crippen molar-refractivity contribution in [2.24, 2.45) is 0 Å². The van der Waals surface area contributed by atoms with Crippen LogP contribution in [0.2, 0.25) is 0 Å². The lowest BCUT2D eigenvalue weighted by Crippen LogP contribution is -2.37. The van der Waals surface area contributed by atoms with E-state index < -0.39 is 10.0 Å². The van der Waals surface area contributed by atoms with Crippen LogP contribution in [0.1, 0.15) is 30.7 Å². The van der Waals surface area contributed by atoms with Gasteiger partial charge in [0, 0.05) is 13.1 Å². The highest BCUT2D eigenvalue weighted by atomic mass is 32.2. The van der Waals surface area contributed by atoms with E-state index in [0.717, 1.165) is 25.0 Å². The Kier molecular flexibility index (Phi) is 6.74. The largest absolute Gasteiger partial charge is 0.497 e. The lowest BCUT2D eigenvalue weighted by molar-refractivity contribution is 0.333. The van der Waals surface area contributed by atoms with Crippen LogP contribution in [-0.4, -0.2) is 45.3 Å². The fourth-order valence-corrected chi connectivity index (χ4v) is 4.79. The van der Waals surface area contributed by atoms with Gasteiger partial charge in [-0.15, -0.1) is 0 Å². The van der Waals surface area contributed by atoms with Gasteiger partial charge < -0.3 is 9.47 Å². The molecule has 0 bridgehead atoms. The topological polar surface area (TPSA) is 55.8 Å². The molecule has 27 heavy (non-hydrogen) atoms. The van der Waals surface area contributed by atoms with Crippen molar-refractivity contribution < 1.29 is 17.9 Å². The van der Waals surface area contributed by atoms with Crippen molar-refractivity contribution >= 4 is 10.0 Å². The van der Waals surface area contributed by atoms with Crippen molar-refractivity contribution in [3.8, 4) is 11.5 Å². The molecule has 1 saturated heterocycles. The summed E-state index contributed by atoms with van der Waals surface area (Å²) >= 11 is 0. The molecular formula is C21H27NO4S. The Labute approximate surface area is 162 Å². The lowest BCUT2D eigenvalue weighted by Gasteiger charge is -2.24. The van der Waals surface area contributed by atoms with E-state index in [0.29, 0.717) is 18.8 Å². The number of nitrogens with zero attached hydrogens (tertiary/aromatic N) is 1. The third-order valence-corrected chi connectivity index (χ3v) is 6.77. The molecule has 5 nitrogen and oxygen atoms in total. The molecular weight excluding hydrogens is 362 g/mol. The van der Waals surface area contributed by atoms with Crippen LogP contribution in [0.5, 0.6) is 11.5 Å². The molecule has 2 aromatic rings. The van der Waals surface area contributed by atoms with E-state index in [1.807, 2.05) is 54.6 Å². The second-order valence-corrected chi connectivity index (χ2v) is 8.89. The number of para-hydroxylation sites is 1. The summed E-state index contributed by atoms with van der Waals surface area (Å²) in [6.45, 7) is 1.27. The van der Waals surface area contributed by atoms with Crippen molar-refractivity contribution in [3.63, 3.8) is 0 Å². The molecule has 0 N–H and O–H groups in total. The summed E-state index contributed by atoms with van der Waals surface area (Å²) in [4.78, 5) is 0. The quantitative estimate of drug-likeness (QED) is 0.725. The molecule has 1 unspecified atom stereocenters. The van der Waals surface area contributed by atoms with Crippen LogP contribution in [0.25, 0.3) is 0 Å². The van der Waals surface area contributed by atoms with Crippen LogP contribution in [0.3, 0.4) is 0 Å². The Bertz CT molecular complexity index is 806. The van der Waals surface area contributed by atoms with E-state index >= 15 is 0 Å². The molecule has 1 aliphatic heterocycles.